The van der Waals surface area contributed by atoms with Crippen LogP contribution in [0.5, 0.6) is 0 Å². The summed E-state index contributed by atoms with van der Waals surface area (Å²) in [5.74, 6) is 5.14. The molecule has 9 aliphatic rings. The van der Waals surface area contributed by atoms with Gasteiger partial charge >= 0.3 is 0 Å². The van der Waals surface area contributed by atoms with Crippen molar-refractivity contribution in [2.75, 3.05) is 0 Å². The number of nitrogens with one attached hydrogen (secondary N) is 8. The Morgan fingerprint density at radius 1 is 0.378 bits per heavy atom. The van der Waals surface area contributed by atoms with Crippen LogP contribution in [0.1, 0.15) is 110 Å². The quantitative estimate of drug-likeness (QED) is 0.191. The van der Waals surface area contributed by atoms with Crippen molar-refractivity contribution in [2.24, 2.45) is 47.3 Å². The largest absolute Gasteiger partial charge is 0.481 e. The molecule has 10 nitrogen and oxygen atoms in total. The Morgan fingerprint density at radius 2 is 0.489 bits per heavy atom. The van der Waals surface area contributed by atoms with Crippen molar-refractivity contribution in [2.45, 2.75) is 159 Å². The third-order valence-corrected chi connectivity index (χ3v) is 13.8. The van der Waals surface area contributed by atoms with E-state index < -0.39 is 5.97 Å². The fourth-order valence-corrected chi connectivity index (χ4v) is 12.0. The van der Waals surface area contributed by atoms with Crippen LogP contribution in [0, 0.1) is 47.3 Å². The molecule has 0 aromatic rings. The van der Waals surface area contributed by atoms with Crippen molar-refractivity contribution >= 4 is 5.97 Å². The van der Waals surface area contributed by atoms with Gasteiger partial charge in [0.15, 0.2) is 0 Å². The van der Waals surface area contributed by atoms with E-state index in [9.17, 15) is 0 Å². The van der Waals surface area contributed by atoms with Gasteiger partial charge in [-0.3, -0.25) is 47.3 Å². The van der Waals surface area contributed by atoms with Gasteiger partial charge in [-0.05, 0) is 98.7 Å². The zero-order chi connectivity index (χ0) is 29.8. The second-order valence-electron chi connectivity index (χ2n) is 16.1. The summed E-state index contributed by atoms with van der Waals surface area (Å²) in [6.45, 7) is 1.08. The summed E-state index contributed by atoms with van der Waals surface area (Å²) < 4.78 is 0. The average Bonchev–Trinajstić information content (AvgIpc) is 3.76. The van der Waals surface area contributed by atoms with Crippen LogP contribution in [0.25, 0.3) is 0 Å². The Kier molecular flexibility index (Phi) is 10.5. The summed E-state index contributed by atoms with van der Waals surface area (Å²) in [4.78, 5) is 9.00. The summed E-state index contributed by atoms with van der Waals surface area (Å²) in [6, 6.07) is 0. The normalized spacial score (nSPS) is 51.8. The van der Waals surface area contributed by atoms with Gasteiger partial charge in [-0.15, -0.1) is 0 Å². The van der Waals surface area contributed by atoms with E-state index >= 15 is 0 Å². The Labute approximate surface area is 281 Å². The minimum Gasteiger partial charge on any atom is -0.481 e. The van der Waals surface area contributed by atoms with Crippen LogP contribution in [0.4, 0.5) is 0 Å². The van der Waals surface area contributed by atoms with Crippen molar-refractivity contribution in [1.82, 2.24) is 42.5 Å². The average molecular weight is 665 g/mol. The molecule has 9 fully saturated rings. The molecule has 0 radical (unpaired) electrons. The molecule has 8 atom stereocenters. The van der Waals surface area contributed by atoms with Gasteiger partial charge in [-0.2, -0.15) is 0 Å². The molecular formula is C34H60CrN8O2. The van der Waals surface area contributed by atoms with E-state index in [-0.39, 0.29) is 17.4 Å². The Hall–Kier alpha value is -0.318. The Balaban J connectivity index is 0.000000617. The number of carboxylic acid groups (broad SMARTS) is 1. The van der Waals surface area contributed by atoms with Gasteiger partial charge in [-0.1, -0.05) is 51.4 Å². The predicted octanol–water partition coefficient (Wildman–Crippen LogP) is 2.69. The summed E-state index contributed by atoms with van der Waals surface area (Å²) >= 11 is 0. The summed E-state index contributed by atoms with van der Waals surface area (Å²) in [5, 5.41) is 41.2. The number of rotatable bonds is 0. The molecule has 0 spiro atoms. The zero-order valence-electron chi connectivity index (χ0n) is 27.3. The minimum absolute atomic E-state index is 0. The maximum absolute atomic E-state index is 9.00. The molecule has 5 saturated heterocycles. The predicted molar refractivity (Wildman–Crippen MR) is 170 cm³/mol. The van der Waals surface area contributed by atoms with Crippen molar-refractivity contribution in [3.63, 3.8) is 0 Å². The molecule has 8 bridgehead atoms. The van der Waals surface area contributed by atoms with Crippen molar-refractivity contribution in [3.8, 4) is 0 Å². The minimum atomic E-state index is -0.833. The van der Waals surface area contributed by atoms with E-state index in [1.165, 1.54) is 103 Å². The van der Waals surface area contributed by atoms with Crippen LogP contribution in [0.15, 0.2) is 0 Å². The number of carbonyl (C=O) groups is 1. The fourth-order valence-electron chi connectivity index (χ4n) is 12.0. The topological polar surface area (TPSA) is 134 Å². The Bertz CT molecular complexity index is 813. The van der Waals surface area contributed by atoms with Crippen molar-refractivity contribution < 1.29 is 27.3 Å². The molecular weight excluding hydrogens is 604 g/mol. The SMILES string of the molecule is C1CCC2C3NC(NC4NC(NC5NC(NC6NC(N3)C3CCCCC63)C3CCCCC53)C3CCCCC43)C2C1.CC(=O)O.[Cr]. The fraction of sp³-hybridized carbons (Fsp3) is 0.971. The standard InChI is InChI=1S/C32H56N8.C2H4O2.Cr/c1-2-10-18-17(9-1)25-33-26(18)38-28-21-13-5-6-14-22(21)30(35-28)40-32-24-16-8-7-15-23(24)31(36-32)39-29-20-12-4-3-11-19(20)27(34-29)37-25;1-2(3)4;/h17-40H,1-16H2;1H3,(H,3,4);. The molecule has 9 rings (SSSR count). The van der Waals surface area contributed by atoms with Crippen LogP contribution in [0.3, 0.4) is 0 Å². The van der Waals surface area contributed by atoms with Gasteiger partial charge in [0.25, 0.3) is 5.97 Å². The van der Waals surface area contributed by atoms with Gasteiger partial charge in [-0.25, -0.2) is 0 Å². The maximum atomic E-state index is 9.00. The molecule has 9 N–H and O–H groups in total. The second-order valence-corrected chi connectivity index (χ2v) is 16.1. The first-order chi connectivity index (χ1) is 21.5. The van der Waals surface area contributed by atoms with E-state index in [2.05, 4.69) is 42.5 Å². The molecule has 5 aliphatic heterocycles. The molecule has 0 aromatic carbocycles. The molecule has 4 saturated carbocycles. The van der Waals surface area contributed by atoms with Crippen LogP contribution in [0.2, 0.25) is 0 Å². The van der Waals surface area contributed by atoms with Crippen LogP contribution < -0.4 is 42.5 Å². The van der Waals surface area contributed by atoms with Gasteiger partial charge in [0, 0.05) is 24.3 Å². The molecule has 8 unspecified atom stereocenters. The number of hydrogen-bond acceptors (Lipinski definition) is 9. The molecule has 254 valence electrons. The van der Waals surface area contributed by atoms with Gasteiger partial charge < -0.3 is 5.11 Å². The Morgan fingerprint density at radius 3 is 0.600 bits per heavy atom. The second kappa shape index (κ2) is 14.3. The first kappa shape index (κ1) is 33.2. The molecule has 0 amide bonds. The van der Waals surface area contributed by atoms with Gasteiger partial charge in [0.05, 0.1) is 49.3 Å². The monoisotopic (exact) mass is 664 g/mol. The first-order valence-electron chi connectivity index (χ1n) is 18.8. The number of aliphatic carboxylic acids is 1. The molecule has 4 aliphatic carbocycles. The van der Waals surface area contributed by atoms with Gasteiger partial charge in [0.1, 0.15) is 0 Å². The first-order valence-corrected chi connectivity index (χ1v) is 18.8. The third kappa shape index (κ3) is 6.55. The number of carboxylic acids is 1. The van der Waals surface area contributed by atoms with E-state index in [0.717, 1.165) is 54.3 Å². The van der Waals surface area contributed by atoms with Crippen LogP contribution in [-0.4, -0.2) is 60.4 Å². The molecule has 5 heterocycles. The smallest absolute Gasteiger partial charge is 0.300 e. The van der Waals surface area contributed by atoms with Crippen molar-refractivity contribution in [1.29, 1.82) is 0 Å². The van der Waals surface area contributed by atoms with Crippen LogP contribution >= 0.6 is 0 Å². The summed E-state index contributed by atoms with van der Waals surface area (Å²) in [5.41, 5.74) is 0. The third-order valence-electron chi connectivity index (χ3n) is 13.8. The summed E-state index contributed by atoms with van der Waals surface area (Å²) in [7, 11) is 0. The molecule has 11 heteroatoms. The van der Waals surface area contributed by atoms with Crippen molar-refractivity contribution in [3.05, 3.63) is 0 Å². The van der Waals surface area contributed by atoms with E-state index in [1.54, 1.807) is 0 Å². The zero-order valence-corrected chi connectivity index (χ0v) is 28.6. The van der Waals surface area contributed by atoms with Crippen LogP contribution in [-0.2, 0) is 22.2 Å². The summed E-state index contributed by atoms with van der Waals surface area (Å²) in [6.07, 6.45) is 25.6. The number of fused-ring (bicyclic) bond motifs is 20. The van der Waals surface area contributed by atoms with E-state index in [1.807, 2.05) is 0 Å². The molecule has 0 aromatic heterocycles. The van der Waals surface area contributed by atoms with E-state index in [4.69, 9.17) is 9.90 Å². The van der Waals surface area contributed by atoms with E-state index in [0.29, 0.717) is 49.3 Å². The number of hydrogen-bond donors (Lipinski definition) is 9. The van der Waals surface area contributed by atoms with Gasteiger partial charge in [0.2, 0.25) is 0 Å². The molecule has 45 heavy (non-hydrogen) atoms. The maximum Gasteiger partial charge on any atom is 0.300 e.